The topological polar surface area (TPSA) is 25.2 Å². The fourth-order valence-electron chi connectivity index (χ4n) is 2.57. The van der Waals surface area contributed by atoms with Crippen molar-refractivity contribution in [3.05, 3.63) is 53.1 Å². The van der Waals surface area contributed by atoms with Gasteiger partial charge in [0.25, 0.3) is 0 Å². The molecule has 3 aromatic rings. The van der Waals surface area contributed by atoms with Gasteiger partial charge in [-0.3, -0.25) is 0 Å². The highest BCUT2D eigenvalue weighted by molar-refractivity contribution is 6.35. The molecule has 1 aliphatic heterocycles. The van der Waals surface area contributed by atoms with Gasteiger partial charge in [-0.25, -0.2) is 0 Å². The first-order valence-electron chi connectivity index (χ1n) is 5.88. The molecule has 2 aromatic carbocycles. The lowest BCUT2D eigenvalue weighted by atomic mass is 10.0. The first kappa shape index (κ1) is 10.0. The predicted octanol–water partition coefficient (Wildman–Crippen LogP) is 4.68. The highest BCUT2D eigenvalue weighted by Crippen LogP contribution is 2.42. The predicted molar refractivity (Wildman–Crippen MR) is 74.0 cm³/mol. The summed E-state index contributed by atoms with van der Waals surface area (Å²) in [7, 11) is 0. The smallest absolute Gasteiger partial charge is 0.142 e. The highest BCUT2D eigenvalue weighted by Gasteiger charge is 2.23. The molecule has 18 heavy (non-hydrogen) atoms. The summed E-state index contributed by atoms with van der Waals surface area (Å²) in [6.07, 6.45) is 0. The van der Waals surface area contributed by atoms with Gasteiger partial charge in [-0.05, 0) is 24.3 Å². The highest BCUT2D eigenvalue weighted by atomic mass is 35.5. The second-order valence-corrected chi connectivity index (χ2v) is 4.83. The molecule has 0 amide bonds. The van der Waals surface area contributed by atoms with E-state index in [0.29, 0.717) is 0 Å². The van der Waals surface area contributed by atoms with Gasteiger partial charge in [-0.15, -0.1) is 0 Å². The van der Waals surface area contributed by atoms with Crippen LogP contribution in [0.3, 0.4) is 0 Å². The Balaban J connectivity index is 2.12. The fraction of sp³-hybridized carbons (Fsp3) is 0.0667. The van der Waals surface area contributed by atoms with Crippen LogP contribution in [0.2, 0.25) is 5.02 Å². The van der Waals surface area contributed by atoms with Crippen LogP contribution >= 0.6 is 11.6 Å². The molecule has 0 bridgehead atoms. The van der Waals surface area contributed by atoms with Crippen molar-refractivity contribution in [2.24, 2.45) is 0 Å². The molecule has 3 heteroatoms. The molecule has 88 valence electrons. The van der Waals surface area contributed by atoms with Gasteiger partial charge in [0.2, 0.25) is 0 Å². The molecule has 0 radical (unpaired) electrons. The molecule has 0 aliphatic carbocycles. The van der Waals surface area contributed by atoms with Gasteiger partial charge in [0.15, 0.2) is 0 Å². The Morgan fingerprint density at radius 1 is 1.06 bits per heavy atom. The summed E-state index contributed by atoms with van der Waals surface area (Å²) < 4.78 is 5.97. The molecule has 4 rings (SSSR count). The van der Waals surface area contributed by atoms with E-state index in [1.54, 1.807) is 0 Å². The third kappa shape index (κ3) is 1.24. The number of furan rings is 1. The summed E-state index contributed by atoms with van der Waals surface area (Å²) in [5.41, 5.74) is 4.21. The minimum absolute atomic E-state index is 0.749. The second kappa shape index (κ2) is 3.53. The average molecular weight is 256 g/mol. The van der Waals surface area contributed by atoms with Crippen molar-refractivity contribution in [2.75, 3.05) is 5.32 Å². The molecule has 2 nitrogen and oxygen atoms in total. The van der Waals surface area contributed by atoms with Gasteiger partial charge in [0, 0.05) is 28.7 Å². The first-order valence-corrected chi connectivity index (χ1v) is 6.25. The Bertz CT molecular complexity index is 760. The van der Waals surface area contributed by atoms with Crippen LogP contribution in [0, 0.1) is 0 Å². The van der Waals surface area contributed by atoms with E-state index in [4.69, 9.17) is 16.0 Å². The summed E-state index contributed by atoms with van der Waals surface area (Å²) in [6, 6.07) is 13.9. The maximum Gasteiger partial charge on any atom is 0.142 e. The maximum absolute atomic E-state index is 6.27. The number of para-hydroxylation sites is 1. The molecule has 0 fully saturated rings. The average Bonchev–Trinajstić information content (AvgIpc) is 2.79. The third-order valence-corrected chi connectivity index (χ3v) is 3.71. The normalized spacial score (nSPS) is 12.9. The summed E-state index contributed by atoms with van der Waals surface area (Å²) in [6.45, 7) is 0.753. The quantitative estimate of drug-likeness (QED) is 0.631. The minimum Gasteiger partial charge on any atom is -0.456 e. The minimum atomic E-state index is 0.749. The Hall–Kier alpha value is -1.93. The molecule has 0 atom stereocenters. The summed E-state index contributed by atoms with van der Waals surface area (Å²) in [5.74, 6) is 0.937. The lowest BCUT2D eigenvalue weighted by Crippen LogP contribution is -2.06. The van der Waals surface area contributed by atoms with Gasteiger partial charge in [0.1, 0.15) is 11.3 Å². The zero-order valence-corrected chi connectivity index (χ0v) is 10.3. The zero-order valence-electron chi connectivity index (χ0n) is 9.53. The fourth-order valence-corrected chi connectivity index (χ4v) is 2.85. The van der Waals surface area contributed by atoms with Crippen molar-refractivity contribution >= 4 is 28.3 Å². The van der Waals surface area contributed by atoms with Crippen molar-refractivity contribution in [1.29, 1.82) is 0 Å². The monoisotopic (exact) mass is 255 g/mol. The maximum atomic E-state index is 6.27. The van der Waals surface area contributed by atoms with E-state index in [0.717, 1.165) is 45.1 Å². The number of halogens is 1. The Morgan fingerprint density at radius 2 is 1.94 bits per heavy atom. The summed E-state index contributed by atoms with van der Waals surface area (Å²) >= 11 is 6.27. The Labute approximate surface area is 109 Å². The van der Waals surface area contributed by atoms with E-state index in [-0.39, 0.29) is 0 Å². The van der Waals surface area contributed by atoms with Gasteiger partial charge >= 0.3 is 0 Å². The molecule has 0 saturated carbocycles. The number of anilines is 1. The van der Waals surface area contributed by atoms with Gasteiger partial charge in [-0.1, -0.05) is 29.8 Å². The number of fused-ring (bicyclic) bond motifs is 5. The second-order valence-electron chi connectivity index (χ2n) is 4.42. The number of hydrogen-bond acceptors (Lipinski definition) is 2. The molecular formula is C15H10ClNO. The molecule has 1 aliphatic rings. The molecule has 0 unspecified atom stereocenters. The van der Waals surface area contributed by atoms with Crippen LogP contribution in [0.5, 0.6) is 0 Å². The van der Waals surface area contributed by atoms with Crippen LogP contribution in [0.1, 0.15) is 5.56 Å². The van der Waals surface area contributed by atoms with E-state index in [1.807, 2.05) is 30.3 Å². The van der Waals surface area contributed by atoms with Crippen molar-refractivity contribution < 1.29 is 4.42 Å². The first-order chi connectivity index (χ1) is 8.84. The number of benzene rings is 2. The van der Waals surface area contributed by atoms with E-state index in [2.05, 4.69) is 17.4 Å². The van der Waals surface area contributed by atoms with Crippen LogP contribution < -0.4 is 5.32 Å². The largest absolute Gasteiger partial charge is 0.456 e. The Morgan fingerprint density at radius 3 is 2.89 bits per heavy atom. The molecular weight excluding hydrogens is 246 g/mol. The van der Waals surface area contributed by atoms with E-state index in [9.17, 15) is 0 Å². The van der Waals surface area contributed by atoms with Gasteiger partial charge in [0.05, 0.1) is 5.02 Å². The molecule has 1 aromatic heterocycles. The standard InChI is InChI=1S/C15H10ClNO/c16-11-5-3-7-13-14(11)10-8-17-12-6-2-1-4-9(12)15(10)18-13/h1-7,17H,8H2. The van der Waals surface area contributed by atoms with Crippen LogP contribution in [0.25, 0.3) is 22.3 Å². The van der Waals surface area contributed by atoms with Crippen LogP contribution in [-0.2, 0) is 6.54 Å². The number of hydrogen-bond donors (Lipinski definition) is 1. The molecule has 1 N–H and O–H groups in total. The van der Waals surface area contributed by atoms with Gasteiger partial charge < -0.3 is 9.73 Å². The van der Waals surface area contributed by atoms with Crippen molar-refractivity contribution in [1.82, 2.24) is 0 Å². The zero-order chi connectivity index (χ0) is 12.1. The van der Waals surface area contributed by atoms with E-state index in [1.165, 1.54) is 0 Å². The van der Waals surface area contributed by atoms with Crippen molar-refractivity contribution in [3.8, 4) is 11.3 Å². The van der Waals surface area contributed by atoms with Crippen LogP contribution in [0.4, 0.5) is 5.69 Å². The van der Waals surface area contributed by atoms with Crippen LogP contribution in [-0.4, -0.2) is 0 Å². The Kier molecular flexibility index (Phi) is 1.97. The lowest BCUT2D eigenvalue weighted by Gasteiger charge is -2.17. The summed E-state index contributed by atoms with van der Waals surface area (Å²) in [5, 5.41) is 5.18. The number of nitrogens with one attached hydrogen (secondary N) is 1. The third-order valence-electron chi connectivity index (χ3n) is 3.39. The van der Waals surface area contributed by atoms with Crippen molar-refractivity contribution in [2.45, 2.75) is 6.54 Å². The van der Waals surface area contributed by atoms with Crippen LogP contribution in [0.15, 0.2) is 46.9 Å². The summed E-state index contributed by atoms with van der Waals surface area (Å²) in [4.78, 5) is 0. The van der Waals surface area contributed by atoms with E-state index >= 15 is 0 Å². The molecule has 0 spiro atoms. The lowest BCUT2D eigenvalue weighted by molar-refractivity contribution is 0.626. The van der Waals surface area contributed by atoms with E-state index < -0.39 is 0 Å². The molecule has 0 saturated heterocycles. The van der Waals surface area contributed by atoms with Crippen molar-refractivity contribution in [3.63, 3.8) is 0 Å². The number of rotatable bonds is 0. The SMILES string of the molecule is Clc1cccc2oc3c(c12)CNc1ccccc1-3. The molecule has 2 heterocycles. The van der Waals surface area contributed by atoms with Gasteiger partial charge in [-0.2, -0.15) is 0 Å².